The van der Waals surface area contributed by atoms with Crippen LogP contribution in [0.4, 0.5) is 5.69 Å². The van der Waals surface area contributed by atoms with Gasteiger partial charge < -0.3 is 10.2 Å². The number of hydrogen-bond donors (Lipinski definition) is 1. The van der Waals surface area contributed by atoms with Crippen LogP contribution in [0.5, 0.6) is 0 Å². The molecule has 0 amide bonds. The highest BCUT2D eigenvalue weighted by molar-refractivity contribution is 5.46. The Hall–Kier alpha value is -1.02. The van der Waals surface area contributed by atoms with Gasteiger partial charge in [-0.1, -0.05) is 26.0 Å². The van der Waals surface area contributed by atoms with Crippen LogP contribution in [0.15, 0.2) is 24.3 Å². The molecule has 0 aromatic heterocycles. The van der Waals surface area contributed by atoms with Crippen LogP contribution in [-0.2, 0) is 0 Å². The Balaban J connectivity index is 2.50. The van der Waals surface area contributed by atoms with E-state index in [4.69, 9.17) is 0 Å². The van der Waals surface area contributed by atoms with Gasteiger partial charge in [-0.2, -0.15) is 0 Å². The second-order valence-electron chi connectivity index (χ2n) is 4.51. The van der Waals surface area contributed by atoms with Gasteiger partial charge in [-0.25, -0.2) is 0 Å². The van der Waals surface area contributed by atoms with Crippen LogP contribution >= 0.6 is 0 Å². The number of anilines is 1. The Bertz CT molecular complexity index is 292. The predicted molar refractivity (Wildman–Crippen MR) is 67.6 cm³/mol. The molecule has 0 fully saturated rings. The summed E-state index contributed by atoms with van der Waals surface area (Å²) in [5.41, 5.74) is 2.62. The van der Waals surface area contributed by atoms with Crippen molar-refractivity contribution in [1.82, 2.24) is 4.90 Å². The molecule has 15 heavy (non-hydrogen) atoms. The molecule has 1 aromatic carbocycles. The van der Waals surface area contributed by atoms with Crippen molar-refractivity contribution in [2.75, 3.05) is 32.5 Å². The molecule has 0 aliphatic rings. The van der Waals surface area contributed by atoms with E-state index in [-0.39, 0.29) is 0 Å². The van der Waals surface area contributed by atoms with Crippen molar-refractivity contribution >= 4 is 5.69 Å². The lowest BCUT2D eigenvalue weighted by atomic mass is 10.0. The van der Waals surface area contributed by atoms with Gasteiger partial charge in [0.05, 0.1) is 0 Å². The first-order valence-corrected chi connectivity index (χ1v) is 5.58. The van der Waals surface area contributed by atoms with Gasteiger partial charge in [0, 0.05) is 18.8 Å². The SMILES string of the molecule is CC(C)c1cccc(NCCN(C)C)c1. The molecule has 0 saturated heterocycles. The van der Waals surface area contributed by atoms with Crippen molar-refractivity contribution in [3.8, 4) is 0 Å². The largest absolute Gasteiger partial charge is 0.384 e. The van der Waals surface area contributed by atoms with Crippen LogP contribution in [0.2, 0.25) is 0 Å². The molecule has 1 aromatic rings. The molecule has 84 valence electrons. The Morgan fingerprint density at radius 2 is 2.00 bits per heavy atom. The zero-order chi connectivity index (χ0) is 11.3. The van der Waals surface area contributed by atoms with E-state index >= 15 is 0 Å². The molecule has 0 bridgehead atoms. The molecule has 0 radical (unpaired) electrons. The van der Waals surface area contributed by atoms with Gasteiger partial charge in [0.2, 0.25) is 0 Å². The first-order valence-electron chi connectivity index (χ1n) is 5.58. The third-order valence-corrected chi connectivity index (χ3v) is 2.44. The van der Waals surface area contributed by atoms with Crippen molar-refractivity contribution < 1.29 is 0 Å². The van der Waals surface area contributed by atoms with Crippen molar-refractivity contribution in [2.45, 2.75) is 19.8 Å². The smallest absolute Gasteiger partial charge is 0.0343 e. The standard InChI is InChI=1S/C13H22N2/c1-11(2)12-6-5-7-13(10-12)14-8-9-15(3)4/h5-7,10-11,14H,8-9H2,1-4H3. The maximum Gasteiger partial charge on any atom is 0.0343 e. The molecule has 0 unspecified atom stereocenters. The third kappa shape index (κ3) is 4.34. The lowest BCUT2D eigenvalue weighted by Crippen LogP contribution is -2.20. The fraction of sp³-hybridized carbons (Fsp3) is 0.538. The topological polar surface area (TPSA) is 15.3 Å². The summed E-state index contributed by atoms with van der Waals surface area (Å²) in [6.07, 6.45) is 0. The van der Waals surface area contributed by atoms with E-state index in [1.165, 1.54) is 11.3 Å². The van der Waals surface area contributed by atoms with Gasteiger partial charge in [0.1, 0.15) is 0 Å². The summed E-state index contributed by atoms with van der Waals surface area (Å²) in [6.45, 7) is 6.50. The number of nitrogens with zero attached hydrogens (tertiary/aromatic N) is 1. The highest BCUT2D eigenvalue weighted by Crippen LogP contribution is 2.18. The summed E-state index contributed by atoms with van der Waals surface area (Å²) in [5, 5.41) is 3.43. The van der Waals surface area contributed by atoms with Crippen LogP contribution in [0, 0.1) is 0 Å². The molecule has 1 N–H and O–H groups in total. The van der Waals surface area contributed by atoms with Gasteiger partial charge >= 0.3 is 0 Å². The van der Waals surface area contributed by atoms with Gasteiger partial charge in [0.25, 0.3) is 0 Å². The van der Waals surface area contributed by atoms with E-state index in [0.29, 0.717) is 5.92 Å². The first-order chi connectivity index (χ1) is 7.09. The normalized spacial score (nSPS) is 11.1. The number of rotatable bonds is 5. The lowest BCUT2D eigenvalue weighted by molar-refractivity contribution is 0.425. The summed E-state index contributed by atoms with van der Waals surface area (Å²) in [7, 11) is 4.18. The van der Waals surface area contributed by atoms with Crippen LogP contribution in [0.25, 0.3) is 0 Å². The molecule has 0 spiro atoms. The van der Waals surface area contributed by atoms with E-state index in [0.717, 1.165) is 13.1 Å². The molecular weight excluding hydrogens is 184 g/mol. The van der Waals surface area contributed by atoms with Crippen molar-refractivity contribution in [2.24, 2.45) is 0 Å². The second kappa shape index (κ2) is 5.76. The third-order valence-electron chi connectivity index (χ3n) is 2.44. The average molecular weight is 206 g/mol. The highest BCUT2D eigenvalue weighted by atomic mass is 15.1. The molecule has 2 nitrogen and oxygen atoms in total. The number of likely N-dealkylation sites (N-methyl/N-ethyl adjacent to an activating group) is 1. The summed E-state index contributed by atoms with van der Waals surface area (Å²) < 4.78 is 0. The molecule has 2 heteroatoms. The molecule has 0 aliphatic heterocycles. The van der Waals surface area contributed by atoms with E-state index in [1.807, 2.05) is 0 Å². The van der Waals surface area contributed by atoms with E-state index in [9.17, 15) is 0 Å². The molecule has 0 saturated carbocycles. The van der Waals surface area contributed by atoms with E-state index in [1.54, 1.807) is 0 Å². The summed E-state index contributed by atoms with van der Waals surface area (Å²) in [5.74, 6) is 0.598. The maximum absolute atomic E-state index is 3.43. The van der Waals surface area contributed by atoms with Crippen molar-refractivity contribution in [3.05, 3.63) is 29.8 Å². The van der Waals surface area contributed by atoms with E-state index in [2.05, 4.69) is 62.4 Å². The molecular formula is C13H22N2. The lowest BCUT2D eigenvalue weighted by Gasteiger charge is -2.13. The van der Waals surface area contributed by atoms with Crippen LogP contribution in [0.3, 0.4) is 0 Å². The fourth-order valence-corrected chi connectivity index (χ4v) is 1.43. The summed E-state index contributed by atoms with van der Waals surface area (Å²) in [4.78, 5) is 2.18. The maximum atomic E-state index is 3.43. The molecule has 0 heterocycles. The van der Waals surface area contributed by atoms with E-state index < -0.39 is 0 Å². The Labute approximate surface area is 93.3 Å². The Morgan fingerprint density at radius 1 is 1.27 bits per heavy atom. The quantitative estimate of drug-likeness (QED) is 0.797. The van der Waals surface area contributed by atoms with Gasteiger partial charge in [-0.3, -0.25) is 0 Å². The summed E-state index contributed by atoms with van der Waals surface area (Å²) in [6, 6.07) is 8.66. The van der Waals surface area contributed by atoms with Gasteiger partial charge in [0.15, 0.2) is 0 Å². The Morgan fingerprint density at radius 3 is 2.60 bits per heavy atom. The zero-order valence-corrected chi connectivity index (χ0v) is 10.2. The highest BCUT2D eigenvalue weighted by Gasteiger charge is 1.99. The zero-order valence-electron chi connectivity index (χ0n) is 10.2. The van der Waals surface area contributed by atoms with Crippen LogP contribution in [0.1, 0.15) is 25.3 Å². The average Bonchev–Trinajstić information content (AvgIpc) is 2.17. The molecule has 1 rings (SSSR count). The molecule has 0 atom stereocenters. The van der Waals surface area contributed by atoms with Crippen LogP contribution < -0.4 is 5.32 Å². The minimum Gasteiger partial charge on any atom is -0.384 e. The Kier molecular flexibility index (Phi) is 4.63. The van der Waals surface area contributed by atoms with Crippen molar-refractivity contribution in [1.29, 1.82) is 0 Å². The minimum absolute atomic E-state index is 0.598. The van der Waals surface area contributed by atoms with Crippen LogP contribution in [-0.4, -0.2) is 32.1 Å². The predicted octanol–water partition coefficient (Wildman–Crippen LogP) is 2.78. The number of nitrogens with one attached hydrogen (secondary N) is 1. The number of hydrogen-bond acceptors (Lipinski definition) is 2. The monoisotopic (exact) mass is 206 g/mol. The minimum atomic E-state index is 0.598. The second-order valence-corrected chi connectivity index (χ2v) is 4.51. The number of benzene rings is 1. The van der Waals surface area contributed by atoms with Crippen molar-refractivity contribution in [3.63, 3.8) is 0 Å². The molecule has 0 aliphatic carbocycles. The van der Waals surface area contributed by atoms with Gasteiger partial charge in [-0.15, -0.1) is 0 Å². The van der Waals surface area contributed by atoms with Gasteiger partial charge in [-0.05, 0) is 37.7 Å². The first kappa shape index (κ1) is 12.1. The summed E-state index contributed by atoms with van der Waals surface area (Å²) >= 11 is 0. The fourth-order valence-electron chi connectivity index (χ4n) is 1.43.